The molecule has 92 valence electrons. The molecule has 0 radical (unpaired) electrons. The molecule has 0 spiro atoms. The lowest BCUT2D eigenvalue weighted by atomic mass is 10.5. The van der Waals surface area contributed by atoms with E-state index < -0.39 is 0 Å². The Hall–Kier alpha value is -1.47. The molecule has 0 unspecified atom stereocenters. The first-order valence-electron chi connectivity index (χ1n) is 5.47. The van der Waals surface area contributed by atoms with E-state index in [4.69, 9.17) is 4.74 Å². The van der Waals surface area contributed by atoms with Gasteiger partial charge in [-0.25, -0.2) is 0 Å². The number of aromatic nitrogens is 4. The molecule has 2 heterocycles. The van der Waals surface area contributed by atoms with Gasteiger partial charge in [-0.05, 0) is 13.0 Å². The second kappa shape index (κ2) is 5.74. The van der Waals surface area contributed by atoms with Gasteiger partial charge in [0, 0.05) is 13.6 Å². The summed E-state index contributed by atoms with van der Waals surface area (Å²) < 4.78 is 7.20. The van der Waals surface area contributed by atoms with Gasteiger partial charge >= 0.3 is 0 Å². The molecule has 0 aromatic carbocycles. The molecule has 0 aliphatic rings. The topological polar surface area (TPSA) is 64.9 Å². The molecule has 17 heavy (non-hydrogen) atoms. The molecule has 7 heteroatoms. The van der Waals surface area contributed by atoms with Gasteiger partial charge < -0.3 is 10.1 Å². The Balaban J connectivity index is 1.89. The molecule has 0 saturated carbocycles. The molecule has 2 rings (SSSR count). The molecule has 6 nitrogen and oxygen atoms in total. The predicted molar refractivity (Wildman–Crippen MR) is 65.2 cm³/mol. The van der Waals surface area contributed by atoms with Crippen molar-refractivity contribution in [3.05, 3.63) is 17.4 Å². The average Bonchev–Trinajstić information content (AvgIpc) is 2.90. The molecule has 0 bridgehead atoms. The Labute approximate surface area is 104 Å². The Morgan fingerprint density at radius 2 is 2.35 bits per heavy atom. The molecule has 1 N–H and O–H groups in total. The first-order chi connectivity index (χ1) is 8.28. The zero-order chi connectivity index (χ0) is 12.1. The van der Waals surface area contributed by atoms with Crippen LogP contribution in [0, 0.1) is 0 Å². The highest BCUT2D eigenvalue weighted by molar-refractivity contribution is 7.13. The van der Waals surface area contributed by atoms with E-state index in [1.54, 1.807) is 17.1 Å². The maximum absolute atomic E-state index is 5.52. The van der Waals surface area contributed by atoms with Crippen LogP contribution in [0.4, 0.5) is 0 Å². The number of hydrogen-bond donors (Lipinski definition) is 1. The third kappa shape index (κ3) is 3.50. The summed E-state index contributed by atoms with van der Waals surface area (Å²) in [5, 5.41) is 16.8. The van der Waals surface area contributed by atoms with Crippen molar-refractivity contribution in [2.45, 2.75) is 19.9 Å². The minimum Gasteiger partial charge on any atom is -0.426 e. The van der Waals surface area contributed by atoms with Crippen LogP contribution in [0.3, 0.4) is 0 Å². The third-order valence-electron chi connectivity index (χ3n) is 2.04. The van der Waals surface area contributed by atoms with Crippen molar-refractivity contribution in [3.63, 3.8) is 0 Å². The number of hydrogen-bond acceptors (Lipinski definition) is 6. The summed E-state index contributed by atoms with van der Waals surface area (Å²) >= 11 is 1.44. The van der Waals surface area contributed by atoms with Crippen molar-refractivity contribution in [1.29, 1.82) is 0 Å². The van der Waals surface area contributed by atoms with Crippen molar-refractivity contribution >= 4 is 11.3 Å². The smallest absolute Gasteiger partial charge is 0.299 e. The van der Waals surface area contributed by atoms with Gasteiger partial charge in [0.25, 0.3) is 5.19 Å². The minimum atomic E-state index is 0.547. The summed E-state index contributed by atoms with van der Waals surface area (Å²) in [6.45, 7) is 3.85. The summed E-state index contributed by atoms with van der Waals surface area (Å²) in [7, 11) is 1.84. The summed E-state index contributed by atoms with van der Waals surface area (Å²) in [6, 6.07) is 0. The van der Waals surface area contributed by atoms with Crippen LogP contribution in [0.2, 0.25) is 0 Å². The Morgan fingerprint density at radius 1 is 1.47 bits per heavy atom. The quantitative estimate of drug-likeness (QED) is 0.791. The van der Waals surface area contributed by atoms with E-state index in [1.807, 2.05) is 7.05 Å². The van der Waals surface area contributed by atoms with Crippen LogP contribution >= 0.6 is 11.3 Å². The van der Waals surface area contributed by atoms with Gasteiger partial charge in [0.2, 0.25) is 0 Å². The first-order valence-corrected chi connectivity index (χ1v) is 6.29. The van der Waals surface area contributed by atoms with E-state index in [9.17, 15) is 0 Å². The lowest BCUT2D eigenvalue weighted by Crippen LogP contribution is -2.13. The van der Waals surface area contributed by atoms with Crippen LogP contribution < -0.4 is 10.1 Å². The highest BCUT2D eigenvalue weighted by Crippen LogP contribution is 2.24. The lowest BCUT2D eigenvalue weighted by Gasteiger charge is -1.96. The second-order valence-corrected chi connectivity index (χ2v) is 4.61. The van der Waals surface area contributed by atoms with Gasteiger partial charge in [0.1, 0.15) is 5.01 Å². The van der Waals surface area contributed by atoms with Crippen molar-refractivity contribution in [3.8, 4) is 10.9 Å². The summed E-state index contributed by atoms with van der Waals surface area (Å²) in [4.78, 5) is 0. The molecular weight excluding hydrogens is 238 g/mol. The third-order valence-corrected chi connectivity index (χ3v) is 2.84. The summed E-state index contributed by atoms with van der Waals surface area (Å²) in [5.74, 6) is 0.678. The maximum Gasteiger partial charge on any atom is 0.299 e. The van der Waals surface area contributed by atoms with Crippen LogP contribution in [0.5, 0.6) is 10.9 Å². The first kappa shape index (κ1) is 12.0. The van der Waals surface area contributed by atoms with Gasteiger partial charge in [0.05, 0.1) is 12.4 Å². The van der Waals surface area contributed by atoms with Crippen LogP contribution in [-0.2, 0) is 13.6 Å². The number of nitrogens with zero attached hydrogens (tertiary/aromatic N) is 4. The SMILES string of the molecule is CCCNCc1nnc(Oc2cnn(C)c2)s1. The fourth-order valence-electron chi connectivity index (χ4n) is 1.28. The molecule has 0 fully saturated rings. The standard InChI is InChI=1S/C10H15N5OS/c1-3-4-11-6-9-13-14-10(17-9)16-8-5-12-15(2)7-8/h5,7,11H,3-4,6H2,1-2H3. The van der Waals surface area contributed by atoms with Crippen LogP contribution in [0.15, 0.2) is 12.4 Å². The monoisotopic (exact) mass is 253 g/mol. The van der Waals surface area contributed by atoms with Crippen molar-refractivity contribution in [2.24, 2.45) is 7.05 Å². The van der Waals surface area contributed by atoms with Crippen LogP contribution in [0.25, 0.3) is 0 Å². The number of aryl methyl sites for hydroxylation is 1. The number of ether oxygens (including phenoxy) is 1. The molecule has 2 aromatic rings. The fraction of sp³-hybridized carbons (Fsp3) is 0.500. The highest BCUT2D eigenvalue weighted by Gasteiger charge is 2.06. The van der Waals surface area contributed by atoms with Gasteiger partial charge in [-0.1, -0.05) is 23.4 Å². The second-order valence-electron chi connectivity index (χ2n) is 3.59. The normalized spacial score (nSPS) is 10.7. The van der Waals surface area contributed by atoms with Gasteiger partial charge in [0.15, 0.2) is 5.75 Å². The lowest BCUT2D eigenvalue weighted by molar-refractivity contribution is 0.472. The van der Waals surface area contributed by atoms with Crippen molar-refractivity contribution in [1.82, 2.24) is 25.3 Å². The molecule has 0 atom stereocenters. The molecule has 0 aliphatic heterocycles. The average molecular weight is 253 g/mol. The molecule has 0 saturated heterocycles. The largest absolute Gasteiger partial charge is 0.426 e. The number of rotatable bonds is 6. The van der Waals surface area contributed by atoms with E-state index >= 15 is 0 Å². The van der Waals surface area contributed by atoms with Crippen LogP contribution in [-0.4, -0.2) is 26.5 Å². The van der Waals surface area contributed by atoms with E-state index in [1.165, 1.54) is 11.3 Å². The minimum absolute atomic E-state index is 0.547. The molecule has 2 aromatic heterocycles. The van der Waals surface area contributed by atoms with E-state index in [2.05, 4.69) is 27.5 Å². The van der Waals surface area contributed by atoms with Crippen molar-refractivity contribution in [2.75, 3.05) is 6.54 Å². The Bertz CT molecular complexity index is 467. The zero-order valence-electron chi connectivity index (χ0n) is 9.88. The maximum atomic E-state index is 5.52. The zero-order valence-corrected chi connectivity index (χ0v) is 10.7. The molecular formula is C10H15N5OS. The number of nitrogens with one attached hydrogen (secondary N) is 1. The summed E-state index contributed by atoms with van der Waals surface area (Å²) in [5.41, 5.74) is 0. The fourth-order valence-corrected chi connectivity index (χ4v) is 1.95. The van der Waals surface area contributed by atoms with E-state index in [0.29, 0.717) is 10.9 Å². The Kier molecular flexibility index (Phi) is 4.05. The van der Waals surface area contributed by atoms with Crippen LogP contribution in [0.1, 0.15) is 18.4 Å². The van der Waals surface area contributed by atoms with E-state index in [0.717, 1.165) is 24.5 Å². The molecule has 0 aliphatic carbocycles. The predicted octanol–water partition coefficient (Wildman–Crippen LogP) is 1.56. The van der Waals surface area contributed by atoms with Gasteiger partial charge in [-0.3, -0.25) is 4.68 Å². The van der Waals surface area contributed by atoms with Crippen molar-refractivity contribution < 1.29 is 4.74 Å². The molecule has 0 amide bonds. The Morgan fingerprint density at radius 3 is 3.06 bits per heavy atom. The highest BCUT2D eigenvalue weighted by atomic mass is 32.1. The summed E-state index contributed by atoms with van der Waals surface area (Å²) in [6.07, 6.45) is 4.55. The van der Waals surface area contributed by atoms with Gasteiger partial charge in [-0.2, -0.15) is 5.10 Å². The van der Waals surface area contributed by atoms with Gasteiger partial charge in [-0.15, -0.1) is 5.10 Å². The van der Waals surface area contributed by atoms with E-state index in [-0.39, 0.29) is 0 Å².